The Hall–Kier alpha value is -1.27. The monoisotopic (exact) mass is 283 g/mol. The van der Waals surface area contributed by atoms with Crippen molar-refractivity contribution in [3.8, 4) is 0 Å². The fourth-order valence-electron chi connectivity index (χ4n) is 2.61. The van der Waals surface area contributed by atoms with Gasteiger partial charge in [-0.2, -0.15) is 0 Å². The van der Waals surface area contributed by atoms with E-state index in [1.54, 1.807) is 6.07 Å². The van der Waals surface area contributed by atoms with Gasteiger partial charge in [0.2, 0.25) is 10.0 Å². The lowest BCUT2D eigenvalue weighted by molar-refractivity contribution is 0.517. The molecule has 0 saturated heterocycles. The van der Waals surface area contributed by atoms with Crippen LogP contribution in [0.4, 0.5) is 11.4 Å². The van der Waals surface area contributed by atoms with Crippen LogP contribution in [0.15, 0.2) is 24.3 Å². The molecular formula is C13H21N3O2S. The van der Waals surface area contributed by atoms with Crippen LogP contribution in [-0.2, 0) is 10.0 Å². The van der Waals surface area contributed by atoms with Crippen molar-refractivity contribution in [2.75, 3.05) is 22.8 Å². The molecule has 1 aliphatic rings. The lowest BCUT2D eigenvalue weighted by atomic mass is 10.0. The van der Waals surface area contributed by atoms with Crippen LogP contribution in [0, 0.1) is 5.92 Å². The second kappa shape index (κ2) is 5.79. The van der Waals surface area contributed by atoms with Gasteiger partial charge in [-0.15, -0.1) is 0 Å². The first kappa shape index (κ1) is 14.1. The SMILES string of the molecule is CS(=O)(=O)Nc1ccccc1NC1CCCC1CN. The van der Waals surface area contributed by atoms with Gasteiger partial charge in [0, 0.05) is 6.04 Å². The molecule has 0 spiro atoms. The van der Waals surface area contributed by atoms with Crippen LogP contribution in [-0.4, -0.2) is 27.3 Å². The first-order chi connectivity index (χ1) is 8.99. The Morgan fingerprint density at radius 1 is 1.26 bits per heavy atom. The summed E-state index contributed by atoms with van der Waals surface area (Å²) >= 11 is 0. The van der Waals surface area contributed by atoms with Gasteiger partial charge in [-0.3, -0.25) is 4.72 Å². The minimum Gasteiger partial charge on any atom is -0.380 e. The molecule has 2 unspecified atom stereocenters. The van der Waals surface area contributed by atoms with E-state index in [2.05, 4.69) is 10.0 Å². The third kappa shape index (κ3) is 3.84. The molecule has 0 aromatic heterocycles. The third-order valence-corrected chi connectivity index (χ3v) is 4.12. The maximum absolute atomic E-state index is 11.4. The predicted molar refractivity (Wildman–Crippen MR) is 78.7 cm³/mol. The van der Waals surface area contributed by atoms with Gasteiger partial charge in [-0.25, -0.2) is 8.42 Å². The first-order valence-corrected chi connectivity index (χ1v) is 8.42. The molecule has 2 atom stereocenters. The number of nitrogens with one attached hydrogen (secondary N) is 2. The second-order valence-corrected chi connectivity index (χ2v) is 6.85. The lowest BCUT2D eigenvalue weighted by Gasteiger charge is -2.22. The van der Waals surface area contributed by atoms with Gasteiger partial charge < -0.3 is 11.1 Å². The normalized spacial score (nSPS) is 23.3. The number of benzene rings is 1. The summed E-state index contributed by atoms with van der Waals surface area (Å²) in [6.45, 7) is 0.666. The van der Waals surface area contributed by atoms with Gasteiger partial charge in [-0.05, 0) is 37.4 Å². The van der Waals surface area contributed by atoms with E-state index in [0.29, 0.717) is 24.2 Å². The van der Waals surface area contributed by atoms with Crippen molar-refractivity contribution < 1.29 is 8.42 Å². The number of sulfonamides is 1. The Morgan fingerprint density at radius 2 is 1.95 bits per heavy atom. The quantitative estimate of drug-likeness (QED) is 0.766. The molecule has 2 rings (SSSR count). The number of rotatable bonds is 5. The van der Waals surface area contributed by atoms with Crippen LogP contribution >= 0.6 is 0 Å². The van der Waals surface area contributed by atoms with E-state index in [-0.39, 0.29) is 0 Å². The molecule has 1 aliphatic carbocycles. The molecule has 106 valence electrons. The molecule has 4 N–H and O–H groups in total. The Balaban J connectivity index is 2.16. The Morgan fingerprint density at radius 3 is 2.58 bits per heavy atom. The predicted octanol–water partition coefficient (Wildman–Crippen LogP) is 1.60. The zero-order valence-electron chi connectivity index (χ0n) is 11.1. The molecule has 0 radical (unpaired) electrons. The summed E-state index contributed by atoms with van der Waals surface area (Å²) in [6.07, 6.45) is 4.54. The average molecular weight is 283 g/mol. The third-order valence-electron chi connectivity index (χ3n) is 3.53. The van der Waals surface area contributed by atoms with Crippen LogP contribution in [0.5, 0.6) is 0 Å². The van der Waals surface area contributed by atoms with Gasteiger partial charge in [0.15, 0.2) is 0 Å². The van der Waals surface area contributed by atoms with E-state index in [1.807, 2.05) is 18.2 Å². The van der Waals surface area contributed by atoms with Gasteiger partial charge in [0.1, 0.15) is 0 Å². The highest BCUT2D eigenvalue weighted by molar-refractivity contribution is 7.92. The molecule has 19 heavy (non-hydrogen) atoms. The van der Waals surface area contributed by atoms with Crippen LogP contribution < -0.4 is 15.8 Å². The largest absolute Gasteiger partial charge is 0.380 e. The van der Waals surface area contributed by atoms with Crippen LogP contribution in [0.2, 0.25) is 0 Å². The van der Waals surface area contributed by atoms with E-state index in [9.17, 15) is 8.42 Å². The molecule has 0 heterocycles. The van der Waals surface area contributed by atoms with Crippen molar-refractivity contribution in [1.82, 2.24) is 0 Å². The highest BCUT2D eigenvalue weighted by atomic mass is 32.2. The first-order valence-electron chi connectivity index (χ1n) is 6.53. The van der Waals surface area contributed by atoms with Gasteiger partial charge in [0.05, 0.1) is 17.6 Å². The standard InChI is InChI=1S/C13H21N3O2S/c1-19(17,18)16-13-7-3-2-6-12(13)15-11-8-4-5-10(11)9-14/h2-3,6-7,10-11,15-16H,4-5,8-9,14H2,1H3. The van der Waals surface area contributed by atoms with Crippen molar-refractivity contribution in [2.45, 2.75) is 25.3 Å². The van der Waals surface area contributed by atoms with E-state index in [4.69, 9.17) is 5.73 Å². The lowest BCUT2D eigenvalue weighted by Crippen LogP contribution is -2.29. The van der Waals surface area contributed by atoms with E-state index in [0.717, 1.165) is 24.8 Å². The zero-order valence-corrected chi connectivity index (χ0v) is 11.9. The number of anilines is 2. The Bertz CT molecular complexity index is 530. The van der Waals surface area contributed by atoms with Crippen molar-refractivity contribution in [2.24, 2.45) is 11.7 Å². The van der Waals surface area contributed by atoms with E-state index >= 15 is 0 Å². The summed E-state index contributed by atoms with van der Waals surface area (Å²) in [7, 11) is -3.27. The molecular weight excluding hydrogens is 262 g/mol. The summed E-state index contributed by atoms with van der Waals surface area (Å²) in [5, 5.41) is 3.43. The number of nitrogens with two attached hydrogens (primary N) is 1. The molecule has 0 aliphatic heterocycles. The Labute approximate surface area is 114 Å². The summed E-state index contributed by atoms with van der Waals surface area (Å²) in [5.74, 6) is 0.464. The molecule has 1 aromatic carbocycles. The van der Waals surface area contributed by atoms with Crippen molar-refractivity contribution in [1.29, 1.82) is 0 Å². The van der Waals surface area contributed by atoms with E-state index < -0.39 is 10.0 Å². The fraction of sp³-hybridized carbons (Fsp3) is 0.538. The van der Waals surface area contributed by atoms with Crippen LogP contribution in [0.3, 0.4) is 0 Å². The summed E-state index contributed by atoms with van der Waals surface area (Å²) in [5.41, 5.74) is 7.17. The average Bonchev–Trinajstić information content (AvgIpc) is 2.77. The number of para-hydroxylation sites is 2. The molecule has 1 aromatic rings. The fourth-order valence-corrected chi connectivity index (χ4v) is 3.18. The maximum atomic E-state index is 11.4. The number of hydrogen-bond acceptors (Lipinski definition) is 4. The highest BCUT2D eigenvalue weighted by Gasteiger charge is 2.26. The molecule has 5 nitrogen and oxygen atoms in total. The van der Waals surface area contributed by atoms with Crippen molar-refractivity contribution in [3.63, 3.8) is 0 Å². The van der Waals surface area contributed by atoms with Crippen LogP contribution in [0.25, 0.3) is 0 Å². The van der Waals surface area contributed by atoms with Crippen molar-refractivity contribution in [3.05, 3.63) is 24.3 Å². The maximum Gasteiger partial charge on any atom is 0.229 e. The summed E-state index contributed by atoms with van der Waals surface area (Å²) < 4.78 is 25.2. The molecule has 1 fully saturated rings. The minimum atomic E-state index is -3.27. The topological polar surface area (TPSA) is 84.2 Å². The molecule has 0 bridgehead atoms. The Kier molecular flexibility index (Phi) is 4.31. The summed E-state index contributed by atoms with van der Waals surface area (Å²) in [4.78, 5) is 0. The summed E-state index contributed by atoms with van der Waals surface area (Å²) in [6, 6.07) is 7.68. The molecule has 1 saturated carbocycles. The molecule has 6 heteroatoms. The second-order valence-electron chi connectivity index (χ2n) is 5.10. The highest BCUT2D eigenvalue weighted by Crippen LogP contribution is 2.30. The zero-order chi connectivity index (χ0) is 13.9. The van der Waals surface area contributed by atoms with Gasteiger partial charge >= 0.3 is 0 Å². The van der Waals surface area contributed by atoms with E-state index in [1.165, 1.54) is 6.42 Å². The number of hydrogen-bond donors (Lipinski definition) is 3. The van der Waals surface area contributed by atoms with Crippen LogP contribution in [0.1, 0.15) is 19.3 Å². The minimum absolute atomic E-state index is 0.326. The smallest absolute Gasteiger partial charge is 0.229 e. The molecule has 0 amide bonds. The van der Waals surface area contributed by atoms with Crippen molar-refractivity contribution >= 4 is 21.4 Å². The van der Waals surface area contributed by atoms with Gasteiger partial charge in [0.25, 0.3) is 0 Å². The van der Waals surface area contributed by atoms with Gasteiger partial charge in [-0.1, -0.05) is 18.6 Å².